The number of thiophene rings is 1. The molecule has 32 heavy (non-hydrogen) atoms. The Morgan fingerprint density at radius 3 is 2.03 bits per heavy atom. The van der Waals surface area contributed by atoms with Crippen molar-refractivity contribution in [3.8, 4) is 0 Å². The van der Waals surface area contributed by atoms with Crippen LogP contribution in [0.5, 0.6) is 0 Å². The minimum Gasteiger partial charge on any atom is -0.310 e. The molecule has 1 fully saturated rings. The Morgan fingerprint density at radius 1 is 0.562 bits per heavy atom. The summed E-state index contributed by atoms with van der Waals surface area (Å²) in [6, 6.07) is 35.7. The van der Waals surface area contributed by atoms with Gasteiger partial charge in [-0.3, -0.25) is 0 Å². The average molecular weight is 434 g/mol. The van der Waals surface area contributed by atoms with Gasteiger partial charge in [-0.2, -0.15) is 0 Å². The molecule has 0 bridgehead atoms. The monoisotopic (exact) mass is 433 g/mol. The summed E-state index contributed by atoms with van der Waals surface area (Å²) < 4.78 is 2.69. The van der Waals surface area contributed by atoms with Gasteiger partial charge >= 0.3 is 0 Å². The van der Waals surface area contributed by atoms with E-state index in [2.05, 4.69) is 102 Å². The average Bonchev–Trinajstić information content (AvgIpc) is 3.24. The predicted molar refractivity (Wildman–Crippen MR) is 140 cm³/mol. The molecule has 0 spiro atoms. The molecule has 1 aliphatic carbocycles. The molecule has 1 aliphatic rings. The molecule has 0 atom stereocenters. The van der Waals surface area contributed by atoms with Crippen molar-refractivity contribution in [1.82, 2.24) is 0 Å². The van der Waals surface area contributed by atoms with Crippen LogP contribution < -0.4 is 4.90 Å². The van der Waals surface area contributed by atoms with E-state index in [1.807, 2.05) is 11.3 Å². The van der Waals surface area contributed by atoms with E-state index in [0.717, 1.165) is 5.92 Å². The molecule has 2 heteroatoms. The lowest BCUT2D eigenvalue weighted by Gasteiger charge is -2.27. The normalized spacial score (nSPS) is 14.8. The Balaban J connectivity index is 1.43. The van der Waals surface area contributed by atoms with Crippen LogP contribution in [0.15, 0.2) is 97.1 Å². The van der Waals surface area contributed by atoms with Crippen molar-refractivity contribution >= 4 is 48.6 Å². The number of anilines is 3. The first-order chi connectivity index (χ1) is 15.9. The number of nitrogens with zero attached hydrogens (tertiary/aromatic N) is 1. The molecule has 1 nitrogen and oxygen atoms in total. The fraction of sp³-hybridized carbons (Fsp3) is 0.200. The summed E-state index contributed by atoms with van der Waals surface area (Å²) in [5.74, 6) is 0.734. The van der Waals surface area contributed by atoms with Crippen LogP contribution in [0.4, 0.5) is 17.1 Å². The molecule has 0 N–H and O–H groups in total. The van der Waals surface area contributed by atoms with Gasteiger partial charge in [0.1, 0.15) is 0 Å². The minimum absolute atomic E-state index is 0.734. The molecular weight excluding hydrogens is 406 g/mol. The molecule has 1 saturated carbocycles. The first-order valence-corrected chi connectivity index (χ1v) is 12.5. The first-order valence-electron chi connectivity index (χ1n) is 11.7. The van der Waals surface area contributed by atoms with Gasteiger partial charge in [-0.05, 0) is 66.8 Å². The van der Waals surface area contributed by atoms with E-state index < -0.39 is 0 Å². The molecule has 0 saturated heterocycles. The lowest BCUT2D eigenvalue weighted by atomic mass is 9.84. The molecule has 158 valence electrons. The Labute approximate surface area is 193 Å². The number of fused-ring (bicyclic) bond motifs is 3. The van der Waals surface area contributed by atoms with Gasteiger partial charge in [0.05, 0.1) is 0 Å². The van der Waals surface area contributed by atoms with Crippen LogP contribution in [0.25, 0.3) is 20.2 Å². The summed E-state index contributed by atoms with van der Waals surface area (Å²) >= 11 is 1.88. The molecule has 1 aromatic heterocycles. The quantitative estimate of drug-likeness (QED) is 0.273. The van der Waals surface area contributed by atoms with Gasteiger partial charge < -0.3 is 4.90 Å². The van der Waals surface area contributed by atoms with Crippen LogP contribution in [0.3, 0.4) is 0 Å². The SMILES string of the molecule is c1ccc(N(c2ccc(C3CCCCC3)cc2)c2ccc3c(c2)sc2ccccc23)cc1. The zero-order chi connectivity index (χ0) is 21.3. The van der Waals surface area contributed by atoms with Crippen molar-refractivity contribution in [2.75, 3.05) is 4.90 Å². The number of benzene rings is 4. The highest BCUT2D eigenvalue weighted by Crippen LogP contribution is 2.41. The fourth-order valence-electron chi connectivity index (χ4n) is 5.21. The van der Waals surface area contributed by atoms with Crippen molar-refractivity contribution in [3.63, 3.8) is 0 Å². The maximum absolute atomic E-state index is 2.38. The zero-order valence-corrected chi connectivity index (χ0v) is 19.0. The summed E-state index contributed by atoms with van der Waals surface area (Å²) in [5, 5.41) is 2.69. The van der Waals surface area contributed by atoms with Crippen molar-refractivity contribution in [1.29, 1.82) is 0 Å². The largest absolute Gasteiger partial charge is 0.310 e. The van der Waals surface area contributed by atoms with Gasteiger partial charge in [0.15, 0.2) is 0 Å². The molecule has 1 heterocycles. The van der Waals surface area contributed by atoms with E-state index in [1.54, 1.807) is 0 Å². The van der Waals surface area contributed by atoms with E-state index in [-0.39, 0.29) is 0 Å². The van der Waals surface area contributed by atoms with E-state index in [4.69, 9.17) is 0 Å². The number of para-hydroxylation sites is 1. The van der Waals surface area contributed by atoms with Crippen molar-refractivity contribution in [2.45, 2.75) is 38.0 Å². The van der Waals surface area contributed by atoms with E-state index >= 15 is 0 Å². The van der Waals surface area contributed by atoms with Crippen molar-refractivity contribution in [2.24, 2.45) is 0 Å². The summed E-state index contributed by atoms with van der Waals surface area (Å²) in [5.41, 5.74) is 5.12. The van der Waals surface area contributed by atoms with Gasteiger partial charge in [-0.25, -0.2) is 0 Å². The third-order valence-electron chi connectivity index (χ3n) is 6.86. The second kappa shape index (κ2) is 8.44. The number of hydrogen-bond acceptors (Lipinski definition) is 2. The van der Waals surface area contributed by atoms with E-state index in [1.165, 1.54) is 74.9 Å². The Bertz CT molecular complexity index is 1340. The Hall–Kier alpha value is -3.10. The van der Waals surface area contributed by atoms with Crippen LogP contribution in [0, 0.1) is 0 Å². The highest BCUT2D eigenvalue weighted by atomic mass is 32.1. The predicted octanol–water partition coefficient (Wildman–Crippen LogP) is 9.57. The summed E-state index contributed by atoms with van der Waals surface area (Å²) in [6.45, 7) is 0. The zero-order valence-electron chi connectivity index (χ0n) is 18.2. The van der Waals surface area contributed by atoms with Crippen molar-refractivity contribution in [3.05, 3.63) is 103 Å². The summed E-state index contributed by atoms with van der Waals surface area (Å²) in [4.78, 5) is 2.38. The molecule has 4 aromatic carbocycles. The lowest BCUT2D eigenvalue weighted by Crippen LogP contribution is -2.10. The Kier molecular flexibility index (Phi) is 5.16. The van der Waals surface area contributed by atoms with Gasteiger partial charge in [0.2, 0.25) is 0 Å². The van der Waals surface area contributed by atoms with Gasteiger partial charge in [0, 0.05) is 37.2 Å². The van der Waals surface area contributed by atoms with E-state index in [9.17, 15) is 0 Å². The molecule has 0 unspecified atom stereocenters. The van der Waals surface area contributed by atoms with Gasteiger partial charge in [-0.1, -0.05) is 73.9 Å². The summed E-state index contributed by atoms with van der Waals surface area (Å²) in [6.07, 6.45) is 6.82. The second-order valence-corrected chi connectivity index (χ2v) is 9.96. The van der Waals surface area contributed by atoms with Gasteiger partial charge in [-0.15, -0.1) is 11.3 Å². The maximum atomic E-state index is 2.38. The van der Waals surface area contributed by atoms with Crippen LogP contribution >= 0.6 is 11.3 Å². The molecule has 6 rings (SSSR count). The molecule has 0 amide bonds. The topological polar surface area (TPSA) is 3.24 Å². The molecule has 0 aliphatic heterocycles. The fourth-order valence-corrected chi connectivity index (χ4v) is 6.35. The third kappa shape index (κ3) is 3.59. The number of hydrogen-bond donors (Lipinski definition) is 0. The highest BCUT2D eigenvalue weighted by molar-refractivity contribution is 7.25. The standard InChI is InChI=1S/C30H27NS/c1-3-9-22(10-4-1)23-15-17-25(18-16-23)31(24-11-5-2-6-12-24)26-19-20-28-27-13-7-8-14-29(27)32-30(28)21-26/h2,5-8,11-22H,1,3-4,9-10H2. The Morgan fingerprint density at radius 2 is 1.22 bits per heavy atom. The number of rotatable bonds is 4. The molecule has 0 radical (unpaired) electrons. The van der Waals surface area contributed by atoms with Crippen LogP contribution in [-0.4, -0.2) is 0 Å². The van der Waals surface area contributed by atoms with E-state index in [0.29, 0.717) is 0 Å². The van der Waals surface area contributed by atoms with Crippen LogP contribution in [0.2, 0.25) is 0 Å². The minimum atomic E-state index is 0.734. The second-order valence-electron chi connectivity index (χ2n) is 8.88. The van der Waals surface area contributed by atoms with Crippen LogP contribution in [-0.2, 0) is 0 Å². The van der Waals surface area contributed by atoms with Gasteiger partial charge in [0.25, 0.3) is 0 Å². The third-order valence-corrected chi connectivity index (χ3v) is 8.00. The smallest absolute Gasteiger partial charge is 0.0476 e. The van der Waals surface area contributed by atoms with Crippen molar-refractivity contribution < 1.29 is 0 Å². The lowest BCUT2D eigenvalue weighted by molar-refractivity contribution is 0.443. The maximum Gasteiger partial charge on any atom is 0.0476 e. The highest BCUT2D eigenvalue weighted by Gasteiger charge is 2.18. The molecular formula is C30H27NS. The molecule has 5 aromatic rings. The summed E-state index contributed by atoms with van der Waals surface area (Å²) in [7, 11) is 0. The first kappa shape index (κ1) is 19.6. The van der Waals surface area contributed by atoms with Crippen LogP contribution in [0.1, 0.15) is 43.6 Å².